The average Bonchev–Trinajstić information content (AvgIpc) is 3.58. The number of aromatic nitrogens is 3. The van der Waals surface area contributed by atoms with Gasteiger partial charge in [0.2, 0.25) is 8.41 Å². The van der Waals surface area contributed by atoms with E-state index in [-0.39, 0.29) is 12.3 Å². The summed E-state index contributed by atoms with van der Waals surface area (Å²) < 4.78 is 29.0. The van der Waals surface area contributed by atoms with Crippen LogP contribution in [0.25, 0.3) is 0 Å². The molecule has 3 aliphatic heterocycles. The molecule has 1 aromatic carbocycles. The molecule has 2 saturated heterocycles. The molecule has 3 aliphatic rings. The maximum Gasteiger partial charge on any atom is 0.261 e. The molecule has 2 fully saturated rings. The molecule has 42 heavy (non-hydrogen) atoms. The van der Waals surface area contributed by atoms with Crippen molar-refractivity contribution in [3.63, 3.8) is 0 Å². The van der Waals surface area contributed by atoms with Crippen LogP contribution in [0.4, 0.5) is 15.5 Å². The lowest BCUT2D eigenvalue weighted by Crippen LogP contribution is -2.60. The Morgan fingerprint density at radius 1 is 1.21 bits per heavy atom. The quantitative estimate of drug-likeness (QED) is 0.148. The van der Waals surface area contributed by atoms with E-state index in [0.717, 1.165) is 0 Å². The number of amides is 2. The van der Waals surface area contributed by atoms with Gasteiger partial charge < -0.3 is 49.7 Å². The lowest BCUT2D eigenvalue weighted by molar-refractivity contribution is -0.274. The first-order valence-electron chi connectivity index (χ1n) is 13.8. The minimum Gasteiger partial charge on any atom is -0.396 e. The molecule has 16 heteroatoms. The summed E-state index contributed by atoms with van der Waals surface area (Å²) in [4.78, 5) is 26.5. The molecule has 0 saturated carbocycles. The zero-order valence-electron chi connectivity index (χ0n) is 23.3. The second kappa shape index (κ2) is 11.3. The SMILES string of the molecule is C[C@@H]1[C@@H]([Si](C)(C)F)[C@H](CCn2cc(CCO)nn2)O[C@@]12C(=O)Nc1ccc(NC(=O)[C@H]3O[C@@H](O)[C@H](O)[C@@H](O)[C@@H]3O)cc12. The van der Waals surface area contributed by atoms with Crippen LogP contribution in [-0.2, 0) is 37.6 Å². The molecule has 4 heterocycles. The number of rotatable bonds is 8. The average molecular weight is 610 g/mol. The minimum atomic E-state index is -3.39. The Morgan fingerprint density at radius 3 is 2.64 bits per heavy atom. The Balaban J connectivity index is 1.40. The molecule has 1 aromatic heterocycles. The maximum absolute atomic E-state index is 15.9. The zero-order chi connectivity index (χ0) is 30.6. The lowest BCUT2D eigenvalue weighted by atomic mass is 9.82. The van der Waals surface area contributed by atoms with Crippen LogP contribution in [0.3, 0.4) is 0 Å². The van der Waals surface area contributed by atoms with Gasteiger partial charge >= 0.3 is 0 Å². The maximum atomic E-state index is 15.9. The van der Waals surface area contributed by atoms with Gasteiger partial charge in [-0.15, -0.1) is 5.10 Å². The molecule has 9 atom stereocenters. The van der Waals surface area contributed by atoms with Gasteiger partial charge in [-0.25, -0.2) is 0 Å². The van der Waals surface area contributed by atoms with Crippen LogP contribution < -0.4 is 10.6 Å². The number of aliphatic hydroxyl groups excluding tert-OH is 5. The summed E-state index contributed by atoms with van der Waals surface area (Å²) in [7, 11) is -3.39. The second-order valence-corrected chi connectivity index (χ2v) is 15.4. The highest BCUT2D eigenvalue weighted by Crippen LogP contribution is 2.59. The molecule has 0 aliphatic carbocycles. The Bertz CT molecular complexity index is 1340. The van der Waals surface area contributed by atoms with Gasteiger partial charge in [-0.3, -0.25) is 14.3 Å². The molecule has 2 amide bonds. The van der Waals surface area contributed by atoms with Crippen molar-refractivity contribution in [1.82, 2.24) is 15.0 Å². The molecule has 14 nitrogen and oxygen atoms in total. The molecular formula is C26H36FN5O9Si. The van der Waals surface area contributed by atoms with Crippen LogP contribution in [0.1, 0.15) is 24.6 Å². The number of anilines is 2. The van der Waals surface area contributed by atoms with Crippen LogP contribution in [-0.4, -0.2) is 104 Å². The highest BCUT2D eigenvalue weighted by molar-refractivity contribution is 6.72. The summed E-state index contributed by atoms with van der Waals surface area (Å²) in [6.07, 6.45) is -7.22. The summed E-state index contributed by atoms with van der Waals surface area (Å²) in [5.74, 6) is -1.92. The van der Waals surface area contributed by atoms with Gasteiger partial charge in [0.05, 0.1) is 11.8 Å². The Labute approximate surface area is 241 Å². The third-order valence-electron chi connectivity index (χ3n) is 8.43. The monoisotopic (exact) mass is 609 g/mol. The summed E-state index contributed by atoms with van der Waals surface area (Å²) in [6.45, 7) is 5.24. The number of fused-ring (bicyclic) bond motifs is 2. The smallest absolute Gasteiger partial charge is 0.261 e. The number of aryl methyl sites for hydroxylation is 1. The number of nitrogens with zero attached hydrogens (tertiary/aromatic N) is 3. The number of carbonyl (C=O) groups excluding carboxylic acids is 2. The van der Waals surface area contributed by atoms with Crippen LogP contribution in [0.15, 0.2) is 24.4 Å². The lowest BCUT2D eigenvalue weighted by Gasteiger charge is -2.37. The standard InChI is InChI=1S/C26H36FN5O9Si/c1-12-22(42(2,3)27)17(6-8-32-11-14(7-9-33)30-31-32)41-26(12)15-10-13(4-5-16(15)29-25(26)39)28-23(37)21-19(35)18(34)20(36)24(38)40-21/h4-5,10-12,17-22,24,33-36,38H,6-9H2,1-3H3,(H,28,37)(H,29,39)/t12-,17+,18+,19+,20-,21+,22-,24-,26+/m1/s1. The first-order valence-corrected chi connectivity index (χ1v) is 16.7. The number of benzene rings is 1. The predicted octanol–water partition coefficient (Wildman–Crippen LogP) is -0.631. The highest BCUT2D eigenvalue weighted by atomic mass is 28.4. The van der Waals surface area contributed by atoms with Gasteiger partial charge in [0.15, 0.2) is 18.0 Å². The normalized spacial score (nSPS) is 34.5. The fourth-order valence-corrected chi connectivity index (χ4v) is 8.98. The summed E-state index contributed by atoms with van der Waals surface area (Å²) in [6, 6.07) is 4.60. The van der Waals surface area contributed by atoms with Gasteiger partial charge in [0.25, 0.3) is 11.8 Å². The topological polar surface area (TPSA) is 209 Å². The molecule has 1 spiro atoms. The number of ether oxygens (including phenoxy) is 2. The van der Waals surface area contributed by atoms with Crippen molar-refractivity contribution >= 4 is 31.6 Å². The van der Waals surface area contributed by atoms with Gasteiger partial charge in [0.1, 0.15) is 18.3 Å². The van der Waals surface area contributed by atoms with E-state index in [4.69, 9.17) is 14.6 Å². The van der Waals surface area contributed by atoms with Gasteiger partial charge in [-0.05, 0) is 37.7 Å². The molecule has 230 valence electrons. The molecular weight excluding hydrogens is 573 g/mol. The first-order chi connectivity index (χ1) is 19.8. The van der Waals surface area contributed by atoms with Crippen LogP contribution in [0, 0.1) is 5.92 Å². The van der Waals surface area contributed by atoms with E-state index in [2.05, 4.69) is 20.9 Å². The fourth-order valence-electron chi connectivity index (χ4n) is 6.44. The molecule has 0 bridgehead atoms. The van der Waals surface area contributed by atoms with E-state index in [0.29, 0.717) is 36.3 Å². The van der Waals surface area contributed by atoms with Crippen molar-refractivity contribution in [3.05, 3.63) is 35.7 Å². The van der Waals surface area contributed by atoms with E-state index >= 15 is 4.11 Å². The largest absolute Gasteiger partial charge is 0.396 e. The van der Waals surface area contributed by atoms with E-state index in [1.54, 1.807) is 37.0 Å². The minimum absolute atomic E-state index is 0.0631. The van der Waals surface area contributed by atoms with Crippen molar-refractivity contribution in [1.29, 1.82) is 0 Å². The van der Waals surface area contributed by atoms with Crippen molar-refractivity contribution in [2.45, 2.75) is 87.4 Å². The predicted molar refractivity (Wildman–Crippen MR) is 146 cm³/mol. The van der Waals surface area contributed by atoms with E-state index in [9.17, 15) is 30.0 Å². The molecule has 0 radical (unpaired) electrons. The zero-order valence-corrected chi connectivity index (χ0v) is 24.3. The van der Waals surface area contributed by atoms with Crippen LogP contribution >= 0.6 is 0 Å². The third-order valence-corrected chi connectivity index (χ3v) is 10.9. The molecule has 0 unspecified atom stereocenters. The van der Waals surface area contributed by atoms with Crippen molar-refractivity contribution in [2.75, 3.05) is 17.2 Å². The molecule has 5 rings (SSSR count). The summed E-state index contributed by atoms with van der Waals surface area (Å²) in [5, 5.41) is 62.3. The van der Waals surface area contributed by atoms with Crippen molar-refractivity contribution in [2.24, 2.45) is 5.92 Å². The fraction of sp³-hybridized carbons (Fsp3) is 0.615. The molecule has 7 N–H and O–H groups in total. The van der Waals surface area contributed by atoms with Crippen LogP contribution in [0.5, 0.6) is 0 Å². The van der Waals surface area contributed by atoms with Gasteiger partial charge in [0, 0.05) is 54.2 Å². The Hall–Kier alpha value is -2.83. The van der Waals surface area contributed by atoms with Crippen molar-refractivity contribution in [3.8, 4) is 0 Å². The summed E-state index contributed by atoms with van der Waals surface area (Å²) >= 11 is 0. The number of carbonyl (C=O) groups is 2. The number of hydrogen-bond donors (Lipinski definition) is 7. The van der Waals surface area contributed by atoms with Crippen LogP contribution in [0.2, 0.25) is 18.6 Å². The Kier molecular flexibility index (Phi) is 8.27. The highest BCUT2D eigenvalue weighted by Gasteiger charge is 2.65. The first kappa shape index (κ1) is 30.6. The van der Waals surface area contributed by atoms with Crippen molar-refractivity contribution < 1.29 is 48.7 Å². The van der Waals surface area contributed by atoms with E-state index < -0.39 is 74.1 Å². The third kappa shape index (κ3) is 5.26. The van der Waals surface area contributed by atoms with Gasteiger partial charge in [-0.1, -0.05) is 12.1 Å². The number of aliphatic hydroxyl groups is 5. The Morgan fingerprint density at radius 2 is 1.95 bits per heavy atom. The summed E-state index contributed by atoms with van der Waals surface area (Å²) in [5.41, 5.74) is -0.425. The second-order valence-electron chi connectivity index (χ2n) is 11.6. The number of hydrogen-bond acceptors (Lipinski definition) is 11. The number of nitrogens with one attached hydrogen (secondary N) is 2. The number of halogens is 1. The van der Waals surface area contributed by atoms with E-state index in [1.807, 2.05) is 0 Å². The van der Waals surface area contributed by atoms with E-state index in [1.165, 1.54) is 12.1 Å². The van der Waals surface area contributed by atoms with Gasteiger partial charge in [-0.2, -0.15) is 0 Å². The molecule has 2 aromatic rings.